The molecule has 0 N–H and O–H groups in total. The van der Waals surface area contributed by atoms with Crippen LogP contribution in [0, 0.1) is 17.8 Å². The van der Waals surface area contributed by atoms with Gasteiger partial charge < -0.3 is 19.0 Å². The third-order valence-corrected chi connectivity index (χ3v) is 6.32. The lowest BCUT2D eigenvalue weighted by Crippen LogP contribution is -2.51. The number of ether oxygens (including phenoxy) is 1. The number of amides is 2. The molecule has 4 rings (SSSR count). The number of rotatable bonds is 5. The van der Waals surface area contributed by atoms with Crippen LogP contribution in [0.15, 0.2) is 22.8 Å². The van der Waals surface area contributed by atoms with E-state index in [9.17, 15) is 14.4 Å². The topological polar surface area (TPSA) is 80.1 Å². The average Bonchev–Trinajstić information content (AvgIpc) is 3.43. The maximum atomic E-state index is 12.3. The molecule has 1 aromatic rings. The molecule has 3 fully saturated rings. The largest absolute Gasteiger partial charge is 0.459 e. The highest BCUT2D eigenvalue weighted by Crippen LogP contribution is 2.49. The van der Waals surface area contributed by atoms with Crippen molar-refractivity contribution < 1.29 is 23.5 Å². The predicted molar refractivity (Wildman–Crippen MR) is 95.7 cm³/mol. The Morgan fingerprint density at radius 1 is 1.07 bits per heavy atom. The fourth-order valence-electron chi connectivity index (χ4n) is 4.85. The van der Waals surface area contributed by atoms with Crippen LogP contribution in [0.4, 0.5) is 0 Å². The summed E-state index contributed by atoms with van der Waals surface area (Å²) < 4.78 is 10.4. The summed E-state index contributed by atoms with van der Waals surface area (Å²) in [6, 6.07) is 3.31. The molecule has 7 heteroatoms. The van der Waals surface area contributed by atoms with Crippen molar-refractivity contribution in [2.75, 3.05) is 32.8 Å². The van der Waals surface area contributed by atoms with Gasteiger partial charge in [-0.15, -0.1) is 0 Å². The van der Waals surface area contributed by atoms with Crippen LogP contribution in [0.3, 0.4) is 0 Å². The van der Waals surface area contributed by atoms with Crippen LogP contribution in [0.5, 0.6) is 0 Å². The van der Waals surface area contributed by atoms with Crippen molar-refractivity contribution in [3.8, 4) is 0 Å². The van der Waals surface area contributed by atoms with Crippen LogP contribution in [0.25, 0.3) is 0 Å². The minimum atomic E-state index is -0.257. The molecule has 0 spiro atoms. The Morgan fingerprint density at radius 3 is 2.48 bits per heavy atom. The molecule has 146 valence electrons. The quantitative estimate of drug-likeness (QED) is 0.736. The normalized spacial score (nSPS) is 27.0. The zero-order chi connectivity index (χ0) is 18.8. The van der Waals surface area contributed by atoms with Gasteiger partial charge in [-0.2, -0.15) is 0 Å². The number of carbonyl (C=O) groups excluding carboxylic acids is 3. The fourth-order valence-corrected chi connectivity index (χ4v) is 4.85. The van der Waals surface area contributed by atoms with Crippen molar-refractivity contribution in [3.63, 3.8) is 0 Å². The number of carbonyl (C=O) groups is 3. The van der Waals surface area contributed by atoms with Gasteiger partial charge in [-0.25, -0.2) is 0 Å². The first-order valence-corrected chi connectivity index (χ1v) is 9.86. The third kappa shape index (κ3) is 4.01. The van der Waals surface area contributed by atoms with Gasteiger partial charge in [0.25, 0.3) is 11.8 Å². The third-order valence-electron chi connectivity index (χ3n) is 6.32. The lowest BCUT2D eigenvalue weighted by Gasteiger charge is -2.34. The molecular weight excluding hydrogens is 348 g/mol. The van der Waals surface area contributed by atoms with Crippen LogP contribution in [-0.4, -0.2) is 60.4 Å². The second kappa shape index (κ2) is 7.74. The summed E-state index contributed by atoms with van der Waals surface area (Å²) in [7, 11) is 0. The number of nitrogens with zero attached hydrogens (tertiary/aromatic N) is 2. The number of hydrogen-bond donors (Lipinski definition) is 0. The van der Waals surface area contributed by atoms with Crippen LogP contribution in [0.2, 0.25) is 0 Å². The zero-order valence-electron chi connectivity index (χ0n) is 15.5. The highest BCUT2D eigenvalue weighted by molar-refractivity contribution is 5.91. The number of furan rings is 1. The lowest BCUT2D eigenvalue weighted by molar-refractivity contribution is -0.153. The van der Waals surface area contributed by atoms with E-state index in [1.54, 1.807) is 21.9 Å². The summed E-state index contributed by atoms with van der Waals surface area (Å²) in [6.45, 7) is 1.57. The second-order valence-electron chi connectivity index (χ2n) is 7.95. The zero-order valence-corrected chi connectivity index (χ0v) is 15.5. The van der Waals surface area contributed by atoms with Gasteiger partial charge in [0.15, 0.2) is 12.4 Å². The first kappa shape index (κ1) is 18.1. The molecule has 0 unspecified atom stereocenters. The molecule has 7 nitrogen and oxygen atoms in total. The molecule has 2 aliphatic carbocycles. The molecule has 2 amide bonds. The number of fused-ring (bicyclic) bond motifs is 2. The van der Waals surface area contributed by atoms with E-state index >= 15 is 0 Å². The van der Waals surface area contributed by atoms with E-state index in [1.165, 1.54) is 25.5 Å². The first-order chi connectivity index (χ1) is 13.1. The summed E-state index contributed by atoms with van der Waals surface area (Å²) in [5.41, 5.74) is 0. The van der Waals surface area contributed by atoms with Crippen molar-refractivity contribution in [1.82, 2.24) is 9.80 Å². The first-order valence-electron chi connectivity index (χ1n) is 9.86. The van der Waals surface area contributed by atoms with Crippen molar-refractivity contribution in [1.29, 1.82) is 0 Å². The van der Waals surface area contributed by atoms with Gasteiger partial charge in [-0.1, -0.05) is 6.42 Å². The molecule has 0 aromatic carbocycles. The second-order valence-corrected chi connectivity index (χ2v) is 7.95. The molecule has 3 atom stereocenters. The van der Waals surface area contributed by atoms with Crippen molar-refractivity contribution in [2.45, 2.75) is 32.1 Å². The van der Waals surface area contributed by atoms with Gasteiger partial charge in [0, 0.05) is 32.6 Å². The van der Waals surface area contributed by atoms with E-state index in [1.807, 2.05) is 0 Å². The summed E-state index contributed by atoms with van der Waals surface area (Å²) in [4.78, 5) is 39.9. The van der Waals surface area contributed by atoms with Gasteiger partial charge in [0.2, 0.25) is 0 Å². The van der Waals surface area contributed by atoms with Gasteiger partial charge in [0.05, 0.1) is 6.26 Å². The van der Waals surface area contributed by atoms with Gasteiger partial charge in [0.1, 0.15) is 0 Å². The summed E-state index contributed by atoms with van der Waals surface area (Å²) in [5.74, 6) is 1.62. The smallest absolute Gasteiger partial charge is 0.306 e. The SMILES string of the molecule is O=C(C[C@@H]1C[C@@H]2CC[C@@H]1C2)OCC(=O)N1CCN(C(=O)c2ccco2)CC1. The molecule has 2 heterocycles. The Balaban J connectivity index is 1.17. The maximum absolute atomic E-state index is 12.3. The van der Waals surface area contributed by atoms with Gasteiger partial charge >= 0.3 is 5.97 Å². The molecule has 1 saturated heterocycles. The maximum Gasteiger partial charge on any atom is 0.306 e. The Kier molecular flexibility index (Phi) is 5.18. The Morgan fingerprint density at radius 2 is 1.85 bits per heavy atom. The molecule has 2 bridgehead atoms. The summed E-state index contributed by atoms with van der Waals surface area (Å²) in [5, 5.41) is 0. The molecule has 0 radical (unpaired) electrons. The van der Waals surface area contributed by atoms with Crippen LogP contribution in [-0.2, 0) is 14.3 Å². The molecule has 1 aromatic heterocycles. The van der Waals surface area contributed by atoms with Crippen LogP contribution >= 0.6 is 0 Å². The molecular formula is C20H26N2O5. The van der Waals surface area contributed by atoms with Crippen molar-refractivity contribution >= 4 is 17.8 Å². The lowest BCUT2D eigenvalue weighted by atomic mass is 9.86. The Hall–Kier alpha value is -2.31. The van der Waals surface area contributed by atoms with Crippen molar-refractivity contribution in [2.24, 2.45) is 17.8 Å². The molecule has 2 saturated carbocycles. The monoisotopic (exact) mass is 374 g/mol. The highest BCUT2D eigenvalue weighted by atomic mass is 16.5. The fraction of sp³-hybridized carbons (Fsp3) is 0.650. The predicted octanol–water partition coefficient (Wildman–Crippen LogP) is 1.93. The summed E-state index contributed by atoms with van der Waals surface area (Å²) in [6.07, 6.45) is 6.86. The van der Waals surface area contributed by atoms with E-state index in [0.29, 0.717) is 50.2 Å². The van der Waals surface area contributed by atoms with E-state index in [0.717, 1.165) is 12.3 Å². The van der Waals surface area contributed by atoms with Gasteiger partial charge in [-0.3, -0.25) is 14.4 Å². The molecule has 27 heavy (non-hydrogen) atoms. The van der Waals surface area contributed by atoms with Crippen LogP contribution < -0.4 is 0 Å². The Labute approximate surface area is 158 Å². The van der Waals surface area contributed by atoms with E-state index in [4.69, 9.17) is 9.15 Å². The number of hydrogen-bond acceptors (Lipinski definition) is 5. The molecule has 1 aliphatic heterocycles. The summed E-state index contributed by atoms with van der Waals surface area (Å²) >= 11 is 0. The highest BCUT2D eigenvalue weighted by Gasteiger charge is 2.40. The Bertz CT molecular complexity index is 693. The van der Waals surface area contributed by atoms with E-state index < -0.39 is 0 Å². The minimum Gasteiger partial charge on any atom is -0.459 e. The standard InChI is InChI=1S/C20H26N2O5/c23-18(13-27-19(24)12-16-11-14-3-4-15(16)10-14)21-5-7-22(8-6-21)20(25)17-2-1-9-26-17/h1-2,9,14-16H,3-8,10-13H2/t14-,15-,16+/m1/s1. The number of esters is 1. The number of piperazine rings is 1. The van der Waals surface area contributed by atoms with E-state index in [-0.39, 0.29) is 24.4 Å². The average molecular weight is 374 g/mol. The van der Waals surface area contributed by atoms with Crippen LogP contribution in [0.1, 0.15) is 42.7 Å². The van der Waals surface area contributed by atoms with Gasteiger partial charge in [-0.05, 0) is 49.1 Å². The van der Waals surface area contributed by atoms with Crippen molar-refractivity contribution in [3.05, 3.63) is 24.2 Å². The minimum absolute atomic E-state index is 0.163. The van der Waals surface area contributed by atoms with E-state index in [2.05, 4.69) is 0 Å². The molecule has 3 aliphatic rings.